The van der Waals surface area contributed by atoms with Crippen molar-refractivity contribution in [1.82, 2.24) is 9.55 Å². The Labute approximate surface area is 130 Å². The highest BCUT2D eigenvalue weighted by Gasteiger charge is 2.12. The number of phenolic OH excluding ortho intramolecular Hbond substituents is 1. The first kappa shape index (κ1) is 14.5. The maximum atomic E-state index is 10.8. The topological polar surface area (TPSA) is 106 Å². The predicted molar refractivity (Wildman–Crippen MR) is 86.7 cm³/mol. The number of aryl methyl sites for hydroxylation is 1. The number of nitro groups is 1. The van der Waals surface area contributed by atoms with E-state index in [4.69, 9.17) is 0 Å². The fourth-order valence-electron chi connectivity index (χ4n) is 2.18. The van der Waals surface area contributed by atoms with Gasteiger partial charge in [0.1, 0.15) is 0 Å². The van der Waals surface area contributed by atoms with Crippen molar-refractivity contribution in [2.24, 2.45) is 12.1 Å². The second kappa shape index (κ2) is 5.76. The van der Waals surface area contributed by atoms with Crippen LogP contribution in [-0.4, -0.2) is 25.8 Å². The summed E-state index contributed by atoms with van der Waals surface area (Å²) < 4.78 is 1.85. The zero-order valence-corrected chi connectivity index (χ0v) is 12.2. The summed E-state index contributed by atoms with van der Waals surface area (Å²) in [5.74, 6) is 0.172. The quantitative estimate of drug-likeness (QED) is 0.438. The van der Waals surface area contributed by atoms with Gasteiger partial charge in [0.2, 0.25) is 5.95 Å². The monoisotopic (exact) mass is 311 g/mol. The Morgan fingerprint density at radius 2 is 2.13 bits per heavy atom. The zero-order chi connectivity index (χ0) is 16.4. The molecular weight excluding hydrogens is 298 g/mol. The van der Waals surface area contributed by atoms with Crippen molar-refractivity contribution < 1.29 is 10.0 Å². The molecule has 3 aromatic rings. The molecule has 0 spiro atoms. The summed E-state index contributed by atoms with van der Waals surface area (Å²) in [4.78, 5) is 14.5. The van der Waals surface area contributed by atoms with E-state index in [0.29, 0.717) is 11.5 Å². The van der Waals surface area contributed by atoms with E-state index in [-0.39, 0.29) is 11.4 Å². The molecule has 0 aliphatic rings. The summed E-state index contributed by atoms with van der Waals surface area (Å²) >= 11 is 0. The molecule has 0 amide bonds. The number of fused-ring (bicyclic) bond motifs is 1. The first-order valence-electron chi connectivity index (χ1n) is 6.74. The molecule has 0 saturated heterocycles. The second-order valence-corrected chi connectivity index (χ2v) is 4.86. The molecule has 0 aliphatic carbocycles. The Morgan fingerprint density at radius 1 is 1.35 bits per heavy atom. The zero-order valence-electron chi connectivity index (χ0n) is 12.2. The molecule has 116 valence electrons. The molecular formula is C15H13N5O3. The molecule has 0 radical (unpaired) electrons. The number of anilines is 1. The Balaban J connectivity index is 1.82. The van der Waals surface area contributed by atoms with Gasteiger partial charge in [-0.25, -0.2) is 10.4 Å². The molecule has 0 aliphatic heterocycles. The minimum atomic E-state index is -0.647. The molecule has 23 heavy (non-hydrogen) atoms. The number of aromatic nitrogens is 2. The summed E-state index contributed by atoms with van der Waals surface area (Å²) in [6, 6.07) is 11.7. The van der Waals surface area contributed by atoms with Crippen LogP contribution in [0.4, 0.5) is 11.6 Å². The second-order valence-electron chi connectivity index (χ2n) is 4.86. The number of phenols is 1. The number of nitro benzene ring substituents is 1. The molecule has 0 bridgehead atoms. The van der Waals surface area contributed by atoms with E-state index in [1.807, 2.05) is 35.9 Å². The lowest BCUT2D eigenvalue weighted by Gasteiger charge is -2.01. The number of para-hydroxylation sites is 2. The van der Waals surface area contributed by atoms with Crippen molar-refractivity contribution in [1.29, 1.82) is 0 Å². The van der Waals surface area contributed by atoms with Gasteiger partial charge in [0.25, 0.3) is 0 Å². The van der Waals surface area contributed by atoms with Crippen LogP contribution in [0, 0.1) is 10.1 Å². The standard InChI is InChI=1S/C15H13N5O3/c1-19-12-5-3-2-4-11(12)17-15(19)18-16-9-10-6-7-14(21)13(8-10)20(22)23/h2-9,21H,1H3,(H,17,18)/b16-9-. The van der Waals surface area contributed by atoms with Crippen molar-refractivity contribution in [2.75, 3.05) is 5.43 Å². The summed E-state index contributed by atoms with van der Waals surface area (Å²) in [5, 5.41) is 24.2. The average Bonchev–Trinajstić information content (AvgIpc) is 2.85. The van der Waals surface area contributed by atoms with Gasteiger partial charge in [0.05, 0.1) is 22.2 Å². The minimum Gasteiger partial charge on any atom is -0.502 e. The lowest BCUT2D eigenvalue weighted by Crippen LogP contribution is -1.99. The van der Waals surface area contributed by atoms with Gasteiger partial charge in [0, 0.05) is 18.7 Å². The number of aromatic hydroxyl groups is 1. The lowest BCUT2D eigenvalue weighted by atomic mass is 10.2. The summed E-state index contributed by atoms with van der Waals surface area (Å²) in [7, 11) is 1.86. The van der Waals surface area contributed by atoms with E-state index in [1.54, 1.807) is 0 Å². The molecule has 0 atom stereocenters. The molecule has 8 heteroatoms. The van der Waals surface area contributed by atoms with Crippen LogP contribution in [0.3, 0.4) is 0 Å². The van der Waals surface area contributed by atoms with Crippen LogP contribution in [0.2, 0.25) is 0 Å². The largest absolute Gasteiger partial charge is 0.502 e. The number of benzene rings is 2. The van der Waals surface area contributed by atoms with Gasteiger partial charge in [0.15, 0.2) is 5.75 Å². The first-order chi connectivity index (χ1) is 11.1. The SMILES string of the molecule is Cn1c(N/N=C\c2ccc(O)c([N+](=O)[O-])c2)nc2ccccc21. The molecule has 8 nitrogen and oxygen atoms in total. The summed E-state index contributed by atoms with van der Waals surface area (Å²) in [5.41, 5.74) is 4.73. The number of nitrogens with zero attached hydrogens (tertiary/aromatic N) is 4. The van der Waals surface area contributed by atoms with Crippen LogP contribution in [0.1, 0.15) is 5.56 Å². The Morgan fingerprint density at radius 3 is 2.87 bits per heavy atom. The maximum absolute atomic E-state index is 10.8. The molecule has 1 heterocycles. The first-order valence-corrected chi connectivity index (χ1v) is 6.74. The van der Waals surface area contributed by atoms with Gasteiger partial charge >= 0.3 is 5.69 Å². The van der Waals surface area contributed by atoms with E-state index in [2.05, 4.69) is 15.5 Å². The van der Waals surface area contributed by atoms with Gasteiger partial charge in [-0.05, 0) is 24.3 Å². The van der Waals surface area contributed by atoms with E-state index < -0.39 is 4.92 Å². The normalized spacial score (nSPS) is 11.2. The van der Waals surface area contributed by atoms with E-state index in [9.17, 15) is 15.2 Å². The van der Waals surface area contributed by atoms with Crippen molar-refractivity contribution in [3.8, 4) is 5.75 Å². The number of hydrazone groups is 1. The summed E-state index contributed by atoms with van der Waals surface area (Å²) in [6.07, 6.45) is 1.42. The van der Waals surface area contributed by atoms with Crippen LogP contribution >= 0.6 is 0 Å². The van der Waals surface area contributed by atoms with Gasteiger partial charge in [-0.1, -0.05) is 12.1 Å². The van der Waals surface area contributed by atoms with Gasteiger partial charge < -0.3 is 9.67 Å². The number of hydrogen-bond donors (Lipinski definition) is 2. The number of hydrogen-bond acceptors (Lipinski definition) is 6. The van der Waals surface area contributed by atoms with Crippen LogP contribution in [0.15, 0.2) is 47.6 Å². The third-order valence-corrected chi connectivity index (χ3v) is 3.36. The molecule has 2 N–H and O–H groups in total. The van der Waals surface area contributed by atoms with Crippen molar-refractivity contribution in [3.05, 3.63) is 58.1 Å². The highest BCUT2D eigenvalue weighted by Crippen LogP contribution is 2.25. The van der Waals surface area contributed by atoms with Crippen LogP contribution in [0.25, 0.3) is 11.0 Å². The summed E-state index contributed by atoms with van der Waals surface area (Å²) in [6.45, 7) is 0. The average molecular weight is 311 g/mol. The fraction of sp³-hybridized carbons (Fsp3) is 0.0667. The fourth-order valence-corrected chi connectivity index (χ4v) is 2.18. The van der Waals surface area contributed by atoms with Gasteiger partial charge in [-0.15, -0.1) is 0 Å². The van der Waals surface area contributed by atoms with Crippen molar-refractivity contribution >= 4 is 28.9 Å². The van der Waals surface area contributed by atoms with E-state index in [0.717, 1.165) is 11.0 Å². The number of rotatable bonds is 4. The molecule has 0 fully saturated rings. The van der Waals surface area contributed by atoms with Crippen molar-refractivity contribution in [2.45, 2.75) is 0 Å². The highest BCUT2D eigenvalue weighted by molar-refractivity contribution is 5.82. The van der Waals surface area contributed by atoms with Crippen LogP contribution in [0.5, 0.6) is 5.75 Å². The molecule has 0 saturated carbocycles. The maximum Gasteiger partial charge on any atom is 0.311 e. The Kier molecular flexibility index (Phi) is 3.63. The number of imidazole rings is 1. The van der Waals surface area contributed by atoms with Gasteiger partial charge in [-0.3, -0.25) is 10.1 Å². The van der Waals surface area contributed by atoms with E-state index in [1.165, 1.54) is 24.4 Å². The molecule has 3 rings (SSSR count). The van der Waals surface area contributed by atoms with Crippen molar-refractivity contribution in [3.63, 3.8) is 0 Å². The third-order valence-electron chi connectivity index (χ3n) is 3.36. The third kappa shape index (κ3) is 2.82. The minimum absolute atomic E-state index is 0.364. The van der Waals surface area contributed by atoms with E-state index >= 15 is 0 Å². The lowest BCUT2D eigenvalue weighted by molar-refractivity contribution is -0.385. The molecule has 0 unspecified atom stereocenters. The smallest absolute Gasteiger partial charge is 0.311 e. The van der Waals surface area contributed by atoms with Crippen LogP contribution in [-0.2, 0) is 7.05 Å². The molecule has 1 aromatic heterocycles. The van der Waals surface area contributed by atoms with Gasteiger partial charge in [-0.2, -0.15) is 5.10 Å². The predicted octanol–water partition coefficient (Wildman–Crippen LogP) is 2.63. The molecule has 2 aromatic carbocycles. The number of nitrogens with one attached hydrogen (secondary N) is 1. The Bertz CT molecular complexity index is 917. The van der Waals surface area contributed by atoms with Crippen LogP contribution < -0.4 is 5.43 Å². The highest BCUT2D eigenvalue weighted by atomic mass is 16.6. The Hall–Kier alpha value is -3.42.